The summed E-state index contributed by atoms with van der Waals surface area (Å²) >= 11 is 0. The number of carboxylic acid groups (broad SMARTS) is 1. The predicted molar refractivity (Wildman–Crippen MR) is 361 cm³/mol. The van der Waals surface area contributed by atoms with E-state index in [0.29, 0.717) is 78.4 Å². The molecule has 23 heteroatoms. The summed E-state index contributed by atoms with van der Waals surface area (Å²) in [6.45, 7) is 15.8. The summed E-state index contributed by atoms with van der Waals surface area (Å²) in [6.07, 6.45) is 2.39. The fraction of sp³-hybridized carbons (Fsp3) is 0.370. The molecule has 3 aliphatic rings. The van der Waals surface area contributed by atoms with E-state index in [9.17, 15) is 33.9 Å². The number of nitrogens with one attached hydrogen (secondary N) is 2. The molecule has 11 rings (SSSR count). The number of nitrogens with zero attached hydrogens (tertiary/aromatic N) is 4. The molecule has 3 aliphatic heterocycles. The summed E-state index contributed by atoms with van der Waals surface area (Å²) in [6, 6.07) is 27.2. The quantitative estimate of drug-likeness (QED) is 0.0527. The second-order valence-electron chi connectivity index (χ2n) is 23.5. The summed E-state index contributed by atoms with van der Waals surface area (Å²) < 4.78 is 84.6. The van der Waals surface area contributed by atoms with Crippen molar-refractivity contribution in [1.29, 1.82) is 0 Å². The first-order valence-corrected chi connectivity index (χ1v) is 30.5. The Morgan fingerprint density at radius 2 is 0.927 bits per heavy atom. The third-order valence-electron chi connectivity index (χ3n) is 17.3. The molecule has 0 radical (unpaired) electrons. The molecule has 96 heavy (non-hydrogen) atoms. The van der Waals surface area contributed by atoms with E-state index in [1.165, 1.54) is 20.0 Å². The molecule has 0 aliphatic carbocycles. The number of aliphatic carboxylic acids is 1. The van der Waals surface area contributed by atoms with E-state index in [0.717, 1.165) is 81.7 Å². The number of amides is 2. The van der Waals surface area contributed by atoms with E-state index >= 15 is 17.6 Å². The number of aromatic nitrogens is 2. The number of carboxylic acids is 1. The van der Waals surface area contributed by atoms with Crippen molar-refractivity contribution in [2.45, 2.75) is 106 Å². The van der Waals surface area contributed by atoms with Crippen LogP contribution in [0.15, 0.2) is 119 Å². The predicted octanol–water partition coefficient (Wildman–Crippen LogP) is 8.49. The van der Waals surface area contributed by atoms with Gasteiger partial charge in [-0.3, -0.25) is 19.2 Å². The van der Waals surface area contributed by atoms with Crippen LogP contribution in [-0.2, 0) is 55.5 Å². The number of rotatable bonds is 14. The van der Waals surface area contributed by atoms with Gasteiger partial charge in [-0.15, -0.1) is 0 Å². The number of carbonyl (C=O) groups excluding carboxylic acids is 3. The van der Waals surface area contributed by atoms with Gasteiger partial charge in [0.25, 0.3) is 22.9 Å². The average molecular weight is 1320 g/mol. The molecule has 8 aromatic rings. The molecule has 2 amide bonds. The fourth-order valence-electron chi connectivity index (χ4n) is 12.2. The first kappa shape index (κ1) is 78.1. The number of hydrogen-bond acceptors (Lipinski definition) is 13. The number of methoxy groups -OCH3 is 1. The van der Waals surface area contributed by atoms with Crippen molar-refractivity contribution in [3.63, 3.8) is 0 Å². The maximum Gasteiger partial charge on any atom is 1.00 e. The SMILES string of the molecule is C.C.C1CCOC1.COC(=O)[C@H](Cc1ccc(-c2c(C)cc(C)n(C)c2=O)c2ccccc12)NC(=O)c1c(F)cc(N2CCOC[C@@H]2C)cc1F.Cc1cc(C)n(C)c(=O)c1-c1ccc(C[C@H](NC(=O)c2c(F)cc(N3CCOC[C@@H]3C)cc2F)C(=O)O)c2ccccc12.[Li+].[OH-]. The van der Waals surface area contributed by atoms with Crippen molar-refractivity contribution in [1.82, 2.24) is 19.8 Å². The third kappa shape index (κ3) is 17.1. The van der Waals surface area contributed by atoms with Crippen LogP contribution in [-0.4, -0.2) is 127 Å². The van der Waals surface area contributed by atoms with E-state index in [1.807, 2.05) is 107 Å². The zero-order valence-corrected chi connectivity index (χ0v) is 54.5. The van der Waals surface area contributed by atoms with Gasteiger partial charge in [0.05, 0.1) is 44.7 Å². The summed E-state index contributed by atoms with van der Waals surface area (Å²) in [5.41, 5.74) is 5.81. The first-order chi connectivity index (χ1) is 44.0. The van der Waals surface area contributed by atoms with Crippen LogP contribution in [0.3, 0.4) is 0 Å². The second kappa shape index (κ2) is 34.4. The van der Waals surface area contributed by atoms with Gasteiger partial charge in [-0.2, -0.15) is 0 Å². The van der Waals surface area contributed by atoms with Crippen molar-refractivity contribution in [2.75, 3.05) is 69.6 Å². The number of carbonyl (C=O) groups is 4. The topological polar surface area (TPSA) is 230 Å². The Hall–Kier alpha value is -8.62. The monoisotopic (exact) mass is 1320 g/mol. The minimum absolute atomic E-state index is 0. The van der Waals surface area contributed by atoms with Crippen LogP contribution in [0.1, 0.15) is 95.9 Å². The Labute approximate surface area is 569 Å². The fourth-order valence-corrected chi connectivity index (χ4v) is 12.2. The van der Waals surface area contributed by atoms with Crippen molar-refractivity contribution >= 4 is 56.7 Å². The van der Waals surface area contributed by atoms with E-state index < -0.39 is 70.2 Å². The van der Waals surface area contributed by atoms with E-state index in [1.54, 1.807) is 52.4 Å². The maximum absolute atomic E-state index is 15.2. The summed E-state index contributed by atoms with van der Waals surface area (Å²) in [5.74, 6) is -8.60. The molecule has 5 heterocycles. The van der Waals surface area contributed by atoms with Crippen LogP contribution in [0.2, 0.25) is 0 Å². The van der Waals surface area contributed by atoms with Gasteiger partial charge >= 0.3 is 30.8 Å². The van der Waals surface area contributed by atoms with Crippen LogP contribution in [0.25, 0.3) is 43.8 Å². The number of halogens is 4. The minimum atomic E-state index is -1.48. The third-order valence-corrected chi connectivity index (χ3v) is 17.3. The summed E-state index contributed by atoms with van der Waals surface area (Å²) in [4.78, 5) is 81.5. The first-order valence-electron chi connectivity index (χ1n) is 30.5. The number of aryl methyl sites for hydroxylation is 4. The molecular weight excluding hydrogens is 1240 g/mol. The van der Waals surface area contributed by atoms with Crippen molar-refractivity contribution in [3.8, 4) is 22.3 Å². The second-order valence-corrected chi connectivity index (χ2v) is 23.5. The number of benzene rings is 6. The van der Waals surface area contributed by atoms with Gasteiger partial charge < -0.3 is 59.1 Å². The summed E-state index contributed by atoms with van der Waals surface area (Å²) in [7, 11) is 4.61. The molecule has 4 N–H and O–H groups in total. The number of ether oxygens (including phenoxy) is 4. The molecule has 0 unspecified atom stereocenters. The minimum Gasteiger partial charge on any atom is -0.870 e. The van der Waals surface area contributed by atoms with Crippen molar-refractivity contribution in [3.05, 3.63) is 198 Å². The molecule has 0 saturated carbocycles. The Morgan fingerprint density at radius 1 is 0.562 bits per heavy atom. The molecule has 4 atom stereocenters. The molecule has 0 bridgehead atoms. The standard InChI is InChI=1S/C34H35F2N3O5.C33H33F2N3O5.C4H8O.2CH4.Li.H2O/c1-19-14-20(2)38(4)33(41)30(19)26-11-10-22(24-8-6-7-9-25(24)26)15-29(34(42)43-5)37-32(40)31-27(35)16-23(17-28(31)36)39-12-13-44-18-21(39)3;1-18-13-19(2)37(4)32(40)29(18)25-10-9-21(23-7-5-6-8-24(23)25)14-28(33(41)42)36-31(39)30-26(34)15-22(16-27(30)35)38-11-12-43-17-20(38)3;1-2-4-5-3-1;;;;/h6-11,14,16-17,21,29H,12-13,15,18H2,1-5H3,(H,37,40);5-10,13,15-16,20,28H,11-12,14,17H2,1-4H3,(H,36,39)(H,41,42);1-4H2;2*1H4;;1H2/q;;;;;+1;/p-1/t21-,29-;20-,28-;;;;;/m00...../s1. The normalized spacial score (nSPS) is 15.6. The van der Waals surface area contributed by atoms with Crippen LogP contribution < -0.4 is 50.4 Å². The smallest absolute Gasteiger partial charge is 0.870 e. The Morgan fingerprint density at radius 3 is 1.27 bits per heavy atom. The molecule has 6 aromatic carbocycles. The Bertz CT molecular complexity index is 4200. The van der Waals surface area contributed by atoms with Gasteiger partial charge in [-0.1, -0.05) is 87.6 Å². The number of fused-ring (bicyclic) bond motifs is 2. The van der Waals surface area contributed by atoms with Crippen molar-refractivity contribution < 1.29 is 85.1 Å². The molecule has 18 nitrogen and oxygen atoms in total. The molecule has 0 spiro atoms. The number of anilines is 2. The van der Waals surface area contributed by atoms with Gasteiger partial charge in [0.15, 0.2) is 0 Å². The number of hydrogen-bond donors (Lipinski definition) is 3. The van der Waals surface area contributed by atoms with Gasteiger partial charge in [0.1, 0.15) is 46.5 Å². The molecule has 2 aromatic heterocycles. The van der Waals surface area contributed by atoms with Crippen LogP contribution >= 0.6 is 0 Å². The van der Waals surface area contributed by atoms with Gasteiger partial charge in [-0.05, 0) is 146 Å². The van der Waals surface area contributed by atoms with E-state index in [2.05, 4.69) is 10.6 Å². The van der Waals surface area contributed by atoms with E-state index in [-0.39, 0.29) is 80.9 Å². The van der Waals surface area contributed by atoms with Crippen LogP contribution in [0.5, 0.6) is 0 Å². The zero-order chi connectivity index (χ0) is 66.2. The molecule has 3 fully saturated rings. The van der Waals surface area contributed by atoms with Crippen LogP contribution in [0.4, 0.5) is 28.9 Å². The molecule has 3 saturated heterocycles. The largest absolute Gasteiger partial charge is 1.00 e. The molecule has 508 valence electrons. The molecular formula is C73H85F4LiN6O12. The van der Waals surface area contributed by atoms with E-state index in [4.69, 9.17) is 18.9 Å². The maximum atomic E-state index is 15.2. The van der Waals surface area contributed by atoms with Crippen LogP contribution in [0, 0.1) is 51.0 Å². The number of morpholine rings is 2. The average Bonchev–Trinajstić information content (AvgIpc) is 0.799. The van der Waals surface area contributed by atoms with Gasteiger partial charge in [0.2, 0.25) is 0 Å². The number of esters is 1. The Kier molecular flexibility index (Phi) is 27.9. The van der Waals surface area contributed by atoms with Gasteiger partial charge in [0, 0.05) is 88.1 Å². The van der Waals surface area contributed by atoms with Gasteiger partial charge in [-0.25, -0.2) is 27.2 Å². The summed E-state index contributed by atoms with van der Waals surface area (Å²) in [5, 5.41) is 17.8. The zero-order valence-electron chi connectivity index (χ0n) is 54.5. The number of pyridine rings is 2. The van der Waals surface area contributed by atoms with Crippen molar-refractivity contribution in [2.24, 2.45) is 14.1 Å². The Balaban J connectivity index is 0.000000311.